The van der Waals surface area contributed by atoms with E-state index in [1.165, 1.54) is 13.1 Å². The molecular formula is C16H19F3N6O2. The molecule has 1 fully saturated rings. The number of hydrogen-bond acceptors (Lipinski definition) is 6. The Morgan fingerprint density at radius 3 is 2.81 bits per heavy atom. The molecule has 2 aromatic rings. The van der Waals surface area contributed by atoms with E-state index in [0.717, 1.165) is 24.2 Å². The summed E-state index contributed by atoms with van der Waals surface area (Å²) in [6.45, 7) is 7.34. The van der Waals surface area contributed by atoms with Gasteiger partial charge in [0, 0.05) is 26.2 Å². The quantitative estimate of drug-likeness (QED) is 0.796. The van der Waals surface area contributed by atoms with Gasteiger partial charge >= 0.3 is 6.18 Å². The summed E-state index contributed by atoms with van der Waals surface area (Å²) in [6.07, 6.45) is -2.25. The standard InChI is InChI=1S/C16H19F3N6O2/c1-4-10(14-21-15(23-27-14)25-6-5-9(2)8-25)20-13(26)11-7-12(16(17,18)19)22-24(11)3/h4,7,9-10H,1,5-6,8H2,2-3H3,(H,20,26)/t9?,10-/m0/s1. The molecule has 1 unspecified atom stereocenters. The third-order valence-corrected chi connectivity index (χ3v) is 4.33. The van der Waals surface area contributed by atoms with E-state index >= 15 is 0 Å². The Morgan fingerprint density at radius 2 is 2.26 bits per heavy atom. The molecule has 1 amide bonds. The topological polar surface area (TPSA) is 89.1 Å². The van der Waals surface area contributed by atoms with Gasteiger partial charge in [-0.2, -0.15) is 23.3 Å². The maximum absolute atomic E-state index is 12.8. The van der Waals surface area contributed by atoms with Gasteiger partial charge in [0.2, 0.25) is 0 Å². The lowest BCUT2D eigenvalue weighted by atomic mass is 10.2. The molecule has 3 heterocycles. The number of aromatic nitrogens is 4. The number of amides is 1. The van der Waals surface area contributed by atoms with Crippen LogP contribution in [0.15, 0.2) is 23.2 Å². The van der Waals surface area contributed by atoms with E-state index in [-0.39, 0.29) is 11.6 Å². The van der Waals surface area contributed by atoms with Crippen LogP contribution in [0.1, 0.15) is 41.5 Å². The van der Waals surface area contributed by atoms with Gasteiger partial charge in [0.1, 0.15) is 11.7 Å². The van der Waals surface area contributed by atoms with Crippen molar-refractivity contribution in [2.45, 2.75) is 25.6 Å². The lowest BCUT2D eigenvalue weighted by Crippen LogP contribution is -2.29. The first-order valence-electron chi connectivity index (χ1n) is 8.32. The molecule has 2 aromatic heterocycles. The fraction of sp³-hybridized carbons (Fsp3) is 0.500. The normalized spacial score (nSPS) is 18.6. The van der Waals surface area contributed by atoms with Gasteiger partial charge in [-0.3, -0.25) is 9.48 Å². The summed E-state index contributed by atoms with van der Waals surface area (Å²) in [5.41, 5.74) is -1.39. The van der Waals surface area contributed by atoms with E-state index in [0.29, 0.717) is 17.9 Å². The monoisotopic (exact) mass is 384 g/mol. The van der Waals surface area contributed by atoms with Gasteiger partial charge < -0.3 is 14.7 Å². The molecule has 3 rings (SSSR count). The van der Waals surface area contributed by atoms with E-state index in [1.54, 1.807) is 0 Å². The summed E-state index contributed by atoms with van der Waals surface area (Å²) in [5.74, 6) is 0.274. The van der Waals surface area contributed by atoms with Crippen LogP contribution in [-0.2, 0) is 13.2 Å². The Labute approximate surface area is 153 Å². The zero-order chi connectivity index (χ0) is 19.8. The third kappa shape index (κ3) is 3.96. The second kappa shape index (κ2) is 7.05. The number of alkyl halides is 3. The number of aryl methyl sites for hydroxylation is 1. The molecule has 1 saturated heterocycles. The number of anilines is 1. The molecule has 1 aliphatic rings. The number of carbonyl (C=O) groups excluding carboxylic acids is 1. The predicted octanol–water partition coefficient (Wildman–Crippen LogP) is 2.33. The highest BCUT2D eigenvalue weighted by Crippen LogP contribution is 2.28. The summed E-state index contributed by atoms with van der Waals surface area (Å²) in [6, 6.07) is -0.164. The summed E-state index contributed by atoms with van der Waals surface area (Å²) in [5, 5.41) is 9.75. The largest absolute Gasteiger partial charge is 0.435 e. The Morgan fingerprint density at radius 1 is 1.52 bits per heavy atom. The summed E-state index contributed by atoms with van der Waals surface area (Å²) >= 11 is 0. The highest BCUT2D eigenvalue weighted by atomic mass is 19.4. The van der Waals surface area contributed by atoms with Crippen LogP contribution >= 0.6 is 0 Å². The van der Waals surface area contributed by atoms with Crippen molar-refractivity contribution in [1.29, 1.82) is 0 Å². The van der Waals surface area contributed by atoms with Crippen LogP contribution in [0.25, 0.3) is 0 Å². The summed E-state index contributed by atoms with van der Waals surface area (Å²) < 4.78 is 44.3. The number of halogens is 3. The molecule has 1 N–H and O–H groups in total. The van der Waals surface area contributed by atoms with Crippen molar-refractivity contribution in [1.82, 2.24) is 25.2 Å². The minimum atomic E-state index is -4.64. The Bertz CT molecular complexity index is 844. The molecule has 1 aliphatic heterocycles. The second-order valence-corrected chi connectivity index (χ2v) is 6.50. The Kier molecular flexibility index (Phi) is 4.94. The molecule has 0 bridgehead atoms. The predicted molar refractivity (Wildman–Crippen MR) is 88.9 cm³/mol. The lowest BCUT2D eigenvalue weighted by Gasteiger charge is -2.12. The second-order valence-electron chi connectivity index (χ2n) is 6.50. The first-order chi connectivity index (χ1) is 12.7. The Balaban J connectivity index is 1.74. The van der Waals surface area contributed by atoms with Gasteiger partial charge in [-0.15, -0.1) is 6.58 Å². The number of nitrogens with zero attached hydrogens (tertiary/aromatic N) is 5. The molecule has 0 aromatic carbocycles. The zero-order valence-electron chi connectivity index (χ0n) is 14.8. The third-order valence-electron chi connectivity index (χ3n) is 4.33. The molecule has 0 aliphatic carbocycles. The van der Waals surface area contributed by atoms with Gasteiger partial charge in [-0.1, -0.05) is 13.0 Å². The molecule has 2 atom stereocenters. The van der Waals surface area contributed by atoms with Crippen LogP contribution in [0.3, 0.4) is 0 Å². The minimum absolute atomic E-state index is 0.103. The average Bonchev–Trinajstić information content (AvgIpc) is 3.30. The van der Waals surface area contributed by atoms with E-state index < -0.39 is 23.8 Å². The van der Waals surface area contributed by atoms with Gasteiger partial charge in [0.05, 0.1) is 0 Å². The summed E-state index contributed by atoms with van der Waals surface area (Å²) in [7, 11) is 1.26. The number of carbonyl (C=O) groups is 1. The van der Waals surface area contributed by atoms with E-state index in [2.05, 4.69) is 34.1 Å². The smallest absolute Gasteiger partial charge is 0.338 e. The maximum Gasteiger partial charge on any atom is 0.435 e. The fourth-order valence-electron chi connectivity index (χ4n) is 2.85. The first-order valence-corrected chi connectivity index (χ1v) is 8.32. The molecule has 0 radical (unpaired) electrons. The number of hydrogen-bond donors (Lipinski definition) is 1. The average molecular weight is 384 g/mol. The van der Waals surface area contributed by atoms with Crippen LogP contribution < -0.4 is 10.2 Å². The van der Waals surface area contributed by atoms with Crippen LogP contribution in [0.5, 0.6) is 0 Å². The molecular weight excluding hydrogens is 365 g/mol. The molecule has 11 heteroatoms. The van der Waals surface area contributed by atoms with Crippen molar-refractivity contribution in [2.24, 2.45) is 13.0 Å². The van der Waals surface area contributed by atoms with E-state index in [4.69, 9.17) is 4.52 Å². The van der Waals surface area contributed by atoms with Crippen molar-refractivity contribution >= 4 is 11.9 Å². The fourth-order valence-corrected chi connectivity index (χ4v) is 2.85. The van der Waals surface area contributed by atoms with Gasteiger partial charge in [0.15, 0.2) is 5.69 Å². The van der Waals surface area contributed by atoms with Gasteiger partial charge in [-0.05, 0) is 17.5 Å². The van der Waals surface area contributed by atoms with E-state index in [9.17, 15) is 18.0 Å². The summed E-state index contributed by atoms with van der Waals surface area (Å²) in [4.78, 5) is 18.6. The van der Waals surface area contributed by atoms with Gasteiger partial charge in [-0.25, -0.2) is 0 Å². The number of nitrogens with one attached hydrogen (secondary N) is 1. The van der Waals surface area contributed by atoms with Crippen LogP contribution in [-0.4, -0.2) is 38.9 Å². The molecule has 27 heavy (non-hydrogen) atoms. The van der Waals surface area contributed by atoms with Crippen molar-refractivity contribution in [3.63, 3.8) is 0 Å². The molecule has 0 spiro atoms. The molecule has 8 nitrogen and oxygen atoms in total. The minimum Gasteiger partial charge on any atom is -0.338 e. The van der Waals surface area contributed by atoms with Gasteiger partial charge in [0.25, 0.3) is 17.7 Å². The van der Waals surface area contributed by atoms with Crippen molar-refractivity contribution in [2.75, 3.05) is 18.0 Å². The molecule has 0 saturated carbocycles. The molecule has 146 valence electrons. The van der Waals surface area contributed by atoms with Crippen LogP contribution in [0, 0.1) is 5.92 Å². The van der Waals surface area contributed by atoms with Crippen LogP contribution in [0.4, 0.5) is 19.1 Å². The lowest BCUT2D eigenvalue weighted by molar-refractivity contribution is -0.141. The maximum atomic E-state index is 12.8. The highest BCUT2D eigenvalue weighted by molar-refractivity contribution is 5.93. The number of rotatable bonds is 5. The first kappa shape index (κ1) is 18.9. The van der Waals surface area contributed by atoms with Crippen molar-refractivity contribution in [3.05, 3.63) is 36.0 Å². The van der Waals surface area contributed by atoms with E-state index in [1.807, 2.05) is 4.90 Å². The van der Waals surface area contributed by atoms with Crippen molar-refractivity contribution in [3.8, 4) is 0 Å². The van der Waals surface area contributed by atoms with Crippen molar-refractivity contribution < 1.29 is 22.5 Å². The Hall–Kier alpha value is -2.85. The zero-order valence-corrected chi connectivity index (χ0v) is 14.8. The van der Waals surface area contributed by atoms with Crippen LogP contribution in [0.2, 0.25) is 0 Å². The SMILES string of the molecule is C=C[C@H](NC(=O)c1cc(C(F)(F)F)nn1C)c1nc(N2CCC(C)C2)no1. The highest BCUT2D eigenvalue weighted by Gasteiger charge is 2.35.